The van der Waals surface area contributed by atoms with E-state index in [0.29, 0.717) is 0 Å². The molecule has 0 aromatic rings. The maximum absolute atomic E-state index is 3.66. The minimum atomic E-state index is 0.191. The van der Waals surface area contributed by atoms with Gasteiger partial charge in [-0.05, 0) is 69.4 Å². The normalized spacial score (nSPS) is 23.4. The van der Waals surface area contributed by atoms with Crippen LogP contribution in [0, 0.1) is 0 Å². The fourth-order valence-electron chi connectivity index (χ4n) is 3.84. The van der Waals surface area contributed by atoms with Gasteiger partial charge in [0, 0.05) is 82.1 Å². The summed E-state index contributed by atoms with van der Waals surface area (Å²) in [4.78, 5) is 10.5. The van der Waals surface area contributed by atoms with E-state index in [2.05, 4.69) is 94.3 Å². The lowest BCUT2D eigenvalue weighted by atomic mass is 10.0. The summed E-state index contributed by atoms with van der Waals surface area (Å²) in [6.07, 6.45) is 0. The van der Waals surface area contributed by atoms with Crippen LogP contribution in [0.3, 0.4) is 0 Å². The van der Waals surface area contributed by atoms with Crippen molar-refractivity contribution in [3.8, 4) is 0 Å². The van der Waals surface area contributed by atoms with Crippen LogP contribution >= 0.6 is 0 Å². The van der Waals surface area contributed by atoms with Gasteiger partial charge < -0.3 is 10.2 Å². The molecule has 0 saturated carbocycles. The lowest BCUT2D eigenvalue weighted by Crippen LogP contribution is -2.54. The molecule has 0 atom stereocenters. The molecule has 1 aliphatic rings. The predicted octanol–water partition coefficient (Wildman–Crippen LogP) is 2.82. The summed E-state index contributed by atoms with van der Waals surface area (Å²) in [5.74, 6) is 0. The minimum absolute atomic E-state index is 0.191. The SMILES string of the molecule is CN1CCNCCN(C(C)(C)C)CCN(C(C)(C)C)CCN(C(C)(C)C)CC1. The van der Waals surface area contributed by atoms with Crippen molar-refractivity contribution < 1.29 is 0 Å². The zero-order valence-corrected chi connectivity index (χ0v) is 20.9. The molecule has 0 aliphatic carbocycles. The van der Waals surface area contributed by atoms with E-state index in [1.54, 1.807) is 0 Å². The van der Waals surface area contributed by atoms with Crippen LogP contribution < -0.4 is 5.32 Å². The topological polar surface area (TPSA) is 25.0 Å². The third-order valence-electron chi connectivity index (χ3n) is 6.11. The van der Waals surface area contributed by atoms with Crippen molar-refractivity contribution in [2.24, 2.45) is 0 Å². The number of rotatable bonds is 0. The average Bonchev–Trinajstić information content (AvgIpc) is 2.51. The molecule has 0 radical (unpaired) electrons. The van der Waals surface area contributed by atoms with E-state index in [1.807, 2.05) is 0 Å². The lowest BCUT2D eigenvalue weighted by molar-refractivity contribution is 0.0542. The molecule has 1 saturated heterocycles. The first-order valence-corrected chi connectivity index (χ1v) is 11.4. The minimum Gasteiger partial charge on any atom is -0.314 e. The number of hydrogen-bond acceptors (Lipinski definition) is 5. The highest BCUT2D eigenvalue weighted by molar-refractivity contribution is 4.84. The zero-order valence-electron chi connectivity index (χ0n) is 20.9. The zero-order chi connectivity index (χ0) is 21.6. The van der Waals surface area contributed by atoms with Crippen molar-refractivity contribution in [1.82, 2.24) is 24.9 Å². The highest BCUT2D eigenvalue weighted by Gasteiger charge is 2.28. The van der Waals surface area contributed by atoms with Gasteiger partial charge in [-0.3, -0.25) is 14.7 Å². The molecule has 0 amide bonds. The van der Waals surface area contributed by atoms with Gasteiger partial charge >= 0.3 is 0 Å². The largest absolute Gasteiger partial charge is 0.314 e. The van der Waals surface area contributed by atoms with Crippen LogP contribution in [-0.4, -0.2) is 109 Å². The molecule has 0 bridgehead atoms. The molecule has 1 fully saturated rings. The summed E-state index contributed by atoms with van der Waals surface area (Å²) in [5, 5.41) is 3.66. The molecule has 28 heavy (non-hydrogen) atoms. The second-order valence-corrected chi connectivity index (χ2v) is 11.5. The van der Waals surface area contributed by atoms with Crippen LogP contribution in [0.1, 0.15) is 62.3 Å². The van der Waals surface area contributed by atoms with Gasteiger partial charge in [-0.2, -0.15) is 0 Å². The van der Waals surface area contributed by atoms with E-state index < -0.39 is 0 Å². The monoisotopic (exact) mass is 397 g/mol. The second kappa shape index (κ2) is 10.7. The summed E-state index contributed by atoms with van der Waals surface area (Å²) in [5.41, 5.74) is 0.595. The predicted molar refractivity (Wildman–Crippen MR) is 124 cm³/mol. The summed E-state index contributed by atoms with van der Waals surface area (Å²) in [6, 6.07) is 0. The molecule has 0 unspecified atom stereocenters. The van der Waals surface area contributed by atoms with Gasteiger partial charge in [0.05, 0.1) is 0 Å². The Morgan fingerprint density at radius 3 is 1.18 bits per heavy atom. The molecule has 0 spiro atoms. The highest BCUT2D eigenvalue weighted by atomic mass is 15.3. The van der Waals surface area contributed by atoms with E-state index in [9.17, 15) is 0 Å². The molecule has 1 rings (SSSR count). The smallest absolute Gasteiger partial charge is 0.0126 e. The van der Waals surface area contributed by atoms with Crippen molar-refractivity contribution in [1.29, 1.82) is 0 Å². The molecule has 5 heteroatoms. The number of nitrogens with zero attached hydrogens (tertiary/aromatic N) is 4. The average molecular weight is 398 g/mol. The standard InChI is InChI=1S/C23H51N5/c1-21(2,3)26-14-12-24-11-13-25(10)15-16-27(22(4,5)6)19-20-28(18-17-26)23(7,8)9/h24H,11-20H2,1-10H3. The first kappa shape index (κ1) is 25.8. The van der Waals surface area contributed by atoms with Crippen LogP contribution in [-0.2, 0) is 0 Å². The van der Waals surface area contributed by atoms with Gasteiger partial charge in [-0.15, -0.1) is 0 Å². The van der Waals surface area contributed by atoms with Gasteiger partial charge in [0.25, 0.3) is 0 Å². The highest BCUT2D eigenvalue weighted by Crippen LogP contribution is 2.18. The molecule has 1 aliphatic heterocycles. The first-order chi connectivity index (χ1) is 12.7. The molecule has 1 heterocycles. The Kier molecular flexibility index (Phi) is 9.89. The Bertz CT molecular complexity index is 430. The van der Waals surface area contributed by atoms with E-state index in [-0.39, 0.29) is 16.6 Å². The van der Waals surface area contributed by atoms with Gasteiger partial charge in [0.15, 0.2) is 0 Å². The van der Waals surface area contributed by atoms with Gasteiger partial charge in [-0.1, -0.05) is 0 Å². The van der Waals surface area contributed by atoms with Crippen LogP contribution in [0.5, 0.6) is 0 Å². The molecule has 1 N–H and O–H groups in total. The van der Waals surface area contributed by atoms with Gasteiger partial charge in [-0.25, -0.2) is 0 Å². The van der Waals surface area contributed by atoms with Crippen molar-refractivity contribution in [2.75, 3.05) is 72.5 Å². The number of hydrogen-bond donors (Lipinski definition) is 1. The van der Waals surface area contributed by atoms with Crippen LogP contribution in [0.15, 0.2) is 0 Å². The van der Waals surface area contributed by atoms with Gasteiger partial charge in [0.2, 0.25) is 0 Å². The summed E-state index contributed by atoms with van der Waals surface area (Å²) < 4.78 is 0. The van der Waals surface area contributed by atoms with Crippen LogP contribution in [0.25, 0.3) is 0 Å². The fraction of sp³-hybridized carbons (Fsp3) is 1.00. The number of likely N-dealkylation sites (N-methyl/N-ethyl adjacent to an activating group) is 1. The third-order valence-corrected chi connectivity index (χ3v) is 6.11. The molecule has 168 valence electrons. The molecular weight excluding hydrogens is 346 g/mol. The van der Waals surface area contributed by atoms with Crippen molar-refractivity contribution >= 4 is 0 Å². The summed E-state index contributed by atoms with van der Waals surface area (Å²) in [6.45, 7) is 32.3. The third kappa shape index (κ3) is 9.53. The van der Waals surface area contributed by atoms with E-state index in [1.165, 1.54) is 0 Å². The maximum atomic E-state index is 3.66. The fourth-order valence-corrected chi connectivity index (χ4v) is 3.84. The maximum Gasteiger partial charge on any atom is 0.0126 e. The summed E-state index contributed by atoms with van der Waals surface area (Å²) >= 11 is 0. The lowest BCUT2D eigenvalue weighted by Gasteiger charge is -2.43. The van der Waals surface area contributed by atoms with E-state index in [4.69, 9.17) is 0 Å². The van der Waals surface area contributed by atoms with Crippen molar-refractivity contribution in [3.63, 3.8) is 0 Å². The molecule has 5 nitrogen and oxygen atoms in total. The van der Waals surface area contributed by atoms with Crippen LogP contribution in [0.2, 0.25) is 0 Å². The molecule has 0 aromatic carbocycles. The first-order valence-electron chi connectivity index (χ1n) is 11.4. The van der Waals surface area contributed by atoms with Crippen molar-refractivity contribution in [2.45, 2.75) is 78.9 Å². The Morgan fingerprint density at radius 2 is 0.786 bits per heavy atom. The second-order valence-electron chi connectivity index (χ2n) is 11.5. The Hall–Kier alpha value is -0.200. The van der Waals surface area contributed by atoms with Crippen LogP contribution in [0.4, 0.5) is 0 Å². The van der Waals surface area contributed by atoms with E-state index >= 15 is 0 Å². The Balaban J connectivity index is 2.96. The Labute approximate surface area is 176 Å². The van der Waals surface area contributed by atoms with E-state index in [0.717, 1.165) is 65.4 Å². The van der Waals surface area contributed by atoms with Gasteiger partial charge in [0.1, 0.15) is 0 Å². The number of nitrogens with one attached hydrogen (secondary N) is 1. The quantitative estimate of drug-likeness (QED) is 0.678. The summed E-state index contributed by atoms with van der Waals surface area (Å²) in [7, 11) is 2.25. The molecule has 0 aromatic heterocycles. The Morgan fingerprint density at radius 1 is 0.464 bits per heavy atom. The van der Waals surface area contributed by atoms with Crippen molar-refractivity contribution in [3.05, 3.63) is 0 Å². The molecular formula is C23H51N5.